The highest BCUT2D eigenvalue weighted by molar-refractivity contribution is 14.0. The molecule has 164 valence electrons. The Labute approximate surface area is 193 Å². The molecule has 1 saturated heterocycles. The number of carbonyl (C=O) groups excluding carboxylic acids is 1. The first-order chi connectivity index (χ1) is 13.6. The van der Waals surface area contributed by atoms with Crippen LogP contribution in [-0.2, 0) is 6.54 Å². The van der Waals surface area contributed by atoms with E-state index in [1.807, 2.05) is 31.2 Å². The van der Waals surface area contributed by atoms with Gasteiger partial charge in [0.15, 0.2) is 5.96 Å². The fourth-order valence-electron chi connectivity index (χ4n) is 3.44. The van der Waals surface area contributed by atoms with Crippen molar-refractivity contribution in [3.05, 3.63) is 35.4 Å². The third-order valence-corrected chi connectivity index (χ3v) is 5.38. The summed E-state index contributed by atoms with van der Waals surface area (Å²) >= 11 is 0. The summed E-state index contributed by atoms with van der Waals surface area (Å²) in [7, 11) is 0. The third-order valence-electron chi connectivity index (χ3n) is 5.38. The highest BCUT2D eigenvalue weighted by Crippen LogP contribution is 2.15. The Morgan fingerprint density at radius 2 is 1.93 bits per heavy atom. The number of likely N-dealkylation sites (tertiary alicyclic amines) is 1. The number of likely N-dealkylation sites (N-methyl/N-ethyl adjacent to an activating group) is 1. The molecule has 0 aromatic heterocycles. The minimum atomic E-state index is -0.0172. The lowest BCUT2D eigenvalue weighted by Gasteiger charge is -2.24. The van der Waals surface area contributed by atoms with Gasteiger partial charge in [-0.15, -0.1) is 24.0 Å². The second-order valence-corrected chi connectivity index (χ2v) is 7.48. The second-order valence-electron chi connectivity index (χ2n) is 7.48. The van der Waals surface area contributed by atoms with Gasteiger partial charge < -0.3 is 16.0 Å². The number of aliphatic imine (C=N–C) groups is 1. The molecule has 6 nitrogen and oxygen atoms in total. The minimum absolute atomic E-state index is 0. The lowest BCUT2D eigenvalue weighted by atomic mass is 10.1. The molecule has 3 N–H and O–H groups in total. The Morgan fingerprint density at radius 1 is 1.21 bits per heavy atom. The Hall–Kier alpha value is -1.35. The fourth-order valence-corrected chi connectivity index (χ4v) is 3.44. The lowest BCUT2D eigenvalue weighted by molar-refractivity contribution is 0.0939. The van der Waals surface area contributed by atoms with Crippen LogP contribution in [0.3, 0.4) is 0 Å². The first-order valence-corrected chi connectivity index (χ1v) is 10.7. The van der Waals surface area contributed by atoms with Crippen LogP contribution in [0, 0.1) is 0 Å². The summed E-state index contributed by atoms with van der Waals surface area (Å²) in [5.41, 5.74) is 1.78. The molecule has 1 amide bonds. The van der Waals surface area contributed by atoms with Crippen LogP contribution in [0.25, 0.3) is 0 Å². The number of nitrogens with zero attached hydrogens (tertiary/aromatic N) is 2. The maximum absolute atomic E-state index is 12.2. The van der Waals surface area contributed by atoms with Crippen LogP contribution in [0.4, 0.5) is 0 Å². The van der Waals surface area contributed by atoms with Crippen LogP contribution in [-0.4, -0.2) is 55.0 Å². The van der Waals surface area contributed by atoms with Gasteiger partial charge in [-0.1, -0.05) is 26.0 Å². The van der Waals surface area contributed by atoms with Gasteiger partial charge in [0.2, 0.25) is 0 Å². The van der Waals surface area contributed by atoms with E-state index in [9.17, 15) is 4.79 Å². The standard InChI is InChI=1S/C22H37N5O.HI/c1-5-17(4)26-21(28)19-12-10-18(11-13-19)15-24-22(23-6-2)25-16-20-9-8-14-27(20)7-3;/h10-13,17,20H,5-9,14-16H2,1-4H3,(H,26,28)(H2,23,24,25);1H. The molecule has 0 aliphatic carbocycles. The van der Waals surface area contributed by atoms with Crippen LogP contribution in [0.15, 0.2) is 29.3 Å². The number of carbonyl (C=O) groups is 1. The molecule has 2 rings (SSSR count). The van der Waals surface area contributed by atoms with Gasteiger partial charge in [-0.2, -0.15) is 0 Å². The number of halogens is 1. The van der Waals surface area contributed by atoms with Gasteiger partial charge in [-0.25, -0.2) is 4.99 Å². The molecule has 0 spiro atoms. The highest BCUT2D eigenvalue weighted by Gasteiger charge is 2.22. The van der Waals surface area contributed by atoms with Gasteiger partial charge in [0.25, 0.3) is 5.91 Å². The van der Waals surface area contributed by atoms with E-state index in [1.54, 1.807) is 0 Å². The van der Waals surface area contributed by atoms with Crippen molar-refractivity contribution in [2.45, 2.75) is 65.6 Å². The van der Waals surface area contributed by atoms with Gasteiger partial charge in [0.1, 0.15) is 0 Å². The Balaban J connectivity index is 0.00000420. The largest absolute Gasteiger partial charge is 0.357 e. The van der Waals surface area contributed by atoms with E-state index in [0.29, 0.717) is 18.2 Å². The van der Waals surface area contributed by atoms with Gasteiger partial charge >= 0.3 is 0 Å². The first kappa shape index (κ1) is 25.7. The number of benzene rings is 1. The van der Waals surface area contributed by atoms with Gasteiger partial charge in [-0.3, -0.25) is 9.69 Å². The molecule has 1 heterocycles. The van der Waals surface area contributed by atoms with Crippen molar-refractivity contribution in [2.24, 2.45) is 4.99 Å². The summed E-state index contributed by atoms with van der Waals surface area (Å²) in [4.78, 5) is 19.4. The molecule has 29 heavy (non-hydrogen) atoms. The Kier molecular flexibility index (Phi) is 12.2. The quantitative estimate of drug-likeness (QED) is 0.268. The topological polar surface area (TPSA) is 68.8 Å². The smallest absolute Gasteiger partial charge is 0.251 e. The maximum atomic E-state index is 12.2. The van der Waals surface area contributed by atoms with E-state index in [4.69, 9.17) is 4.99 Å². The van der Waals surface area contributed by atoms with Crippen molar-refractivity contribution >= 4 is 35.8 Å². The van der Waals surface area contributed by atoms with E-state index < -0.39 is 0 Å². The highest BCUT2D eigenvalue weighted by atomic mass is 127. The average molecular weight is 515 g/mol. The molecule has 0 saturated carbocycles. The predicted octanol–water partition coefficient (Wildman–Crippen LogP) is 3.37. The van der Waals surface area contributed by atoms with Crippen molar-refractivity contribution in [1.82, 2.24) is 20.9 Å². The Morgan fingerprint density at radius 3 is 2.55 bits per heavy atom. The number of nitrogens with one attached hydrogen (secondary N) is 3. The molecule has 1 aliphatic heterocycles. The van der Waals surface area contributed by atoms with Gasteiger partial charge in [0.05, 0.1) is 6.54 Å². The molecule has 1 fully saturated rings. The van der Waals surface area contributed by atoms with Crippen molar-refractivity contribution in [1.29, 1.82) is 0 Å². The van der Waals surface area contributed by atoms with Crippen LogP contribution in [0.2, 0.25) is 0 Å². The summed E-state index contributed by atoms with van der Waals surface area (Å²) in [6, 6.07) is 8.50. The molecule has 7 heteroatoms. The summed E-state index contributed by atoms with van der Waals surface area (Å²) in [6.07, 6.45) is 3.46. The molecule has 2 unspecified atom stereocenters. The molecule has 1 aromatic rings. The zero-order valence-electron chi connectivity index (χ0n) is 18.3. The predicted molar refractivity (Wildman–Crippen MR) is 132 cm³/mol. The van der Waals surface area contributed by atoms with Crippen molar-refractivity contribution in [3.8, 4) is 0 Å². The van der Waals surface area contributed by atoms with E-state index >= 15 is 0 Å². The lowest BCUT2D eigenvalue weighted by Crippen LogP contribution is -2.44. The summed E-state index contributed by atoms with van der Waals surface area (Å²) in [5, 5.41) is 9.80. The maximum Gasteiger partial charge on any atom is 0.251 e. The molecule has 1 aromatic carbocycles. The minimum Gasteiger partial charge on any atom is -0.357 e. The monoisotopic (exact) mass is 515 g/mol. The molecule has 0 radical (unpaired) electrons. The number of hydrogen-bond donors (Lipinski definition) is 3. The second kappa shape index (κ2) is 13.8. The number of rotatable bonds is 9. The van der Waals surface area contributed by atoms with Crippen molar-refractivity contribution in [3.63, 3.8) is 0 Å². The van der Waals surface area contributed by atoms with Crippen LogP contribution < -0.4 is 16.0 Å². The van der Waals surface area contributed by atoms with Crippen molar-refractivity contribution in [2.75, 3.05) is 26.2 Å². The summed E-state index contributed by atoms with van der Waals surface area (Å²) in [5.74, 6) is 0.834. The summed E-state index contributed by atoms with van der Waals surface area (Å²) < 4.78 is 0. The zero-order chi connectivity index (χ0) is 20.4. The van der Waals surface area contributed by atoms with E-state index in [1.165, 1.54) is 19.4 Å². The van der Waals surface area contributed by atoms with Crippen LogP contribution in [0.1, 0.15) is 62.9 Å². The normalized spacial score (nSPS) is 18.1. The molecular formula is C22H38IN5O. The fraction of sp³-hybridized carbons (Fsp3) is 0.636. The SMILES string of the molecule is CCNC(=NCc1ccc(C(=O)NC(C)CC)cc1)NCC1CCCN1CC.I. The average Bonchev–Trinajstić information content (AvgIpc) is 3.17. The summed E-state index contributed by atoms with van der Waals surface area (Å²) in [6.45, 7) is 13.0. The van der Waals surface area contributed by atoms with Gasteiger partial charge in [0, 0.05) is 30.7 Å². The molecule has 1 aliphatic rings. The van der Waals surface area contributed by atoms with Gasteiger partial charge in [-0.05, 0) is 63.9 Å². The zero-order valence-corrected chi connectivity index (χ0v) is 20.7. The van der Waals surface area contributed by atoms with E-state index in [2.05, 4.69) is 41.6 Å². The Bertz CT molecular complexity index is 635. The van der Waals surface area contributed by atoms with Crippen LogP contribution in [0.5, 0.6) is 0 Å². The van der Waals surface area contributed by atoms with E-state index in [0.717, 1.165) is 37.6 Å². The van der Waals surface area contributed by atoms with E-state index in [-0.39, 0.29) is 35.9 Å². The first-order valence-electron chi connectivity index (χ1n) is 10.7. The molecular weight excluding hydrogens is 477 g/mol. The number of guanidine groups is 1. The molecule has 0 bridgehead atoms. The number of amides is 1. The van der Waals surface area contributed by atoms with Crippen molar-refractivity contribution < 1.29 is 4.79 Å². The molecule has 2 atom stereocenters. The third kappa shape index (κ3) is 8.50. The van der Waals surface area contributed by atoms with Crippen LogP contribution >= 0.6 is 24.0 Å². The number of hydrogen-bond acceptors (Lipinski definition) is 3.